The number of hydrogen-bond donors (Lipinski definition) is 1. The molecule has 2 heterocycles. The standard InChI is InChI=1S/C25H26FN5OS/c1-17(2)18-7-9-21(10-8-18)31-14-12-28-25(31)33-16-22(32)29-23(24-27-11-13-30(24)3)19-5-4-6-20(26)15-19/h4-15,17,23H,16H2,1-3H3,(H,29,32)/t23-/m0/s1. The van der Waals surface area contributed by atoms with Crippen molar-refractivity contribution in [2.75, 3.05) is 5.75 Å². The summed E-state index contributed by atoms with van der Waals surface area (Å²) in [5.41, 5.74) is 2.89. The summed E-state index contributed by atoms with van der Waals surface area (Å²) in [5, 5.41) is 3.72. The molecule has 0 unspecified atom stereocenters. The summed E-state index contributed by atoms with van der Waals surface area (Å²) in [6, 6.07) is 14.0. The number of nitrogens with one attached hydrogen (secondary N) is 1. The Hall–Kier alpha value is -3.39. The molecule has 2 aromatic heterocycles. The SMILES string of the molecule is CC(C)c1ccc(-n2ccnc2SCC(=O)N[C@@H](c2cccc(F)c2)c2nccn2C)cc1. The highest BCUT2D eigenvalue weighted by Gasteiger charge is 2.21. The molecular formula is C25H26FN5OS. The summed E-state index contributed by atoms with van der Waals surface area (Å²) in [7, 11) is 1.84. The average Bonchev–Trinajstić information content (AvgIpc) is 3.45. The number of aromatic nitrogens is 4. The Kier molecular flexibility index (Phi) is 6.93. The van der Waals surface area contributed by atoms with Crippen LogP contribution in [0, 0.1) is 5.82 Å². The van der Waals surface area contributed by atoms with E-state index in [1.54, 1.807) is 30.7 Å². The summed E-state index contributed by atoms with van der Waals surface area (Å²) in [4.78, 5) is 21.7. The van der Waals surface area contributed by atoms with E-state index in [1.165, 1.54) is 29.5 Å². The maximum atomic E-state index is 13.9. The van der Waals surface area contributed by atoms with Crippen LogP contribution in [0.25, 0.3) is 5.69 Å². The fourth-order valence-corrected chi connectivity index (χ4v) is 4.37. The van der Waals surface area contributed by atoms with Crippen molar-refractivity contribution in [3.63, 3.8) is 0 Å². The molecule has 0 aliphatic rings. The van der Waals surface area contributed by atoms with E-state index < -0.39 is 6.04 Å². The molecule has 4 rings (SSSR count). The number of benzene rings is 2. The van der Waals surface area contributed by atoms with Gasteiger partial charge in [-0.25, -0.2) is 14.4 Å². The molecule has 8 heteroatoms. The summed E-state index contributed by atoms with van der Waals surface area (Å²) < 4.78 is 17.6. The Bertz CT molecular complexity index is 1230. The molecule has 4 aromatic rings. The first-order valence-electron chi connectivity index (χ1n) is 10.7. The lowest BCUT2D eigenvalue weighted by molar-refractivity contribution is -0.119. The first kappa shape index (κ1) is 22.8. The van der Waals surface area contributed by atoms with Crippen LogP contribution in [0.4, 0.5) is 4.39 Å². The van der Waals surface area contributed by atoms with Gasteiger partial charge in [0.2, 0.25) is 5.91 Å². The molecule has 2 aromatic carbocycles. The van der Waals surface area contributed by atoms with Gasteiger partial charge in [-0.2, -0.15) is 0 Å². The van der Waals surface area contributed by atoms with Crippen LogP contribution in [0.15, 0.2) is 78.5 Å². The summed E-state index contributed by atoms with van der Waals surface area (Å²) in [6.45, 7) is 4.32. The van der Waals surface area contributed by atoms with Gasteiger partial charge in [0, 0.05) is 37.5 Å². The molecule has 0 spiro atoms. The predicted octanol–water partition coefficient (Wildman–Crippen LogP) is 4.87. The number of amides is 1. The number of aryl methyl sites for hydroxylation is 1. The smallest absolute Gasteiger partial charge is 0.231 e. The third-order valence-electron chi connectivity index (χ3n) is 5.38. The van der Waals surface area contributed by atoms with Gasteiger partial charge in [0.25, 0.3) is 0 Å². The second kappa shape index (κ2) is 10.0. The topological polar surface area (TPSA) is 64.7 Å². The van der Waals surface area contributed by atoms with Gasteiger partial charge in [0.15, 0.2) is 5.16 Å². The lowest BCUT2D eigenvalue weighted by Gasteiger charge is -2.19. The molecule has 0 radical (unpaired) electrons. The van der Waals surface area contributed by atoms with Crippen LogP contribution in [0.1, 0.15) is 42.8 Å². The Morgan fingerprint density at radius 1 is 1.06 bits per heavy atom. The monoisotopic (exact) mass is 463 g/mol. The molecule has 0 saturated heterocycles. The summed E-state index contributed by atoms with van der Waals surface area (Å²) in [6.07, 6.45) is 7.06. The Morgan fingerprint density at radius 2 is 1.82 bits per heavy atom. The van der Waals surface area contributed by atoms with E-state index >= 15 is 0 Å². The number of carbonyl (C=O) groups excluding carboxylic acids is 1. The second-order valence-corrected chi connectivity index (χ2v) is 9.01. The molecule has 170 valence electrons. The Labute approximate surface area is 196 Å². The highest BCUT2D eigenvalue weighted by molar-refractivity contribution is 7.99. The minimum Gasteiger partial charge on any atom is -0.341 e. The van der Waals surface area contributed by atoms with E-state index in [9.17, 15) is 9.18 Å². The number of rotatable bonds is 8. The van der Waals surface area contributed by atoms with Gasteiger partial charge >= 0.3 is 0 Å². The van der Waals surface area contributed by atoms with Crippen LogP contribution in [-0.2, 0) is 11.8 Å². The van der Waals surface area contributed by atoms with Gasteiger partial charge < -0.3 is 9.88 Å². The molecule has 0 bridgehead atoms. The molecule has 0 aliphatic heterocycles. The minimum atomic E-state index is -0.558. The van der Waals surface area contributed by atoms with Crippen molar-refractivity contribution in [3.8, 4) is 5.69 Å². The van der Waals surface area contributed by atoms with Crippen LogP contribution < -0.4 is 5.32 Å². The van der Waals surface area contributed by atoms with Crippen molar-refractivity contribution in [3.05, 3.63) is 96.1 Å². The zero-order valence-electron chi connectivity index (χ0n) is 18.8. The van der Waals surface area contributed by atoms with Gasteiger partial charge in [0.05, 0.1) is 5.75 Å². The number of carbonyl (C=O) groups is 1. The number of halogens is 1. The molecule has 1 amide bonds. The molecule has 0 fully saturated rings. The van der Waals surface area contributed by atoms with Crippen molar-refractivity contribution in [2.45, 2.75) is 31.0 Å². The molecule has 0 saturated carbocycles. The van der Waals surface area contributed by atoms with Crippen molar-refractivity contribution in [1.29, 1.82) is 0 Å². The highest BCUT2D eigenvalue weighted by Crippen LogP contribution is 2.24. The van der Waals surface area contributed by atoms with E-state index in [1.807, 2.05) is 22.4 Å². The largest absolute Gasteiger partial charge is 0.341 e. The fourth-order valence-electron chi connectivity index (χ4n) is 3.58. The van der Waals surface area contributed by atoms with Crippen molar-refractivity contribution < 1.29 is 9.18 Å². The van der Waals surface area contributed by atoms with Gasteiger partial charge in [-0.3, -0.25) is 9.36 Å². The first-order chi connectivity index (χ1) is 15.9. The number of thioether (sulfide) groups is 1. The van der Waals surface area contributed by atoms with Crippen LogP contribution in [0.5, 0.6) is 0 Å². The van der Waals surface area contributed by atoms with Crippen molar-refractivity contribution in [1.82, 2.24) is 24.4 Å². The Morgan fingerprint density at radius 3 is 2.48 bits per heavy atom. The van der Waals surface area contributed by atoms with Crippen molar-refractivity contribution >= 4 is 17.7 Å². The predicted molar refractivity (Wildman–Crippen MR) is 128 cm³/mol. The lowest BCUT2D eigenvalue weighted by atomic mass is 10.0. The maximum absolute atomic E-state index is 13.9. The van der Waals surface area contributed by atoms with E-state index in [0.717, 1.165) is 10.8 Å². The lowest BCUT2D eigenvalue weighted by Crippen LogP contribution is -2.32. The molecular weight excluding hydrogens is 437 g/mol. The van der Waals surface area contributed by atoms with E-state index in [-0.39, 0.29) is 17.5 Å². The minimum absolute atomic E-state index is 0.164. The van der Waals surface area contributed by atoms with Crippen LogP contribution in [-0.4, -0.2) is 30.8 Å². The van der Waals surface area contributed by atoms with Gasteiger partial charge in [-0.05, 0) is 41.3 Å². The van der Waals surface area contributed by atoms with Crippen LogP contribution in [0.2, 0.25) is 0 Å². The average molecular weight is 464 g/mol. The third-order valence-corrected chi connectivity index (χ3v) is 6.35. The number of hydrogen-bond acceptors (Lipinski definition) is 4. The highest BCUT2D eigenvalue weighted by atomic mass is 32.2. The molecule has 6 nitrogen and oxygen atoms in total. The number of nitrogens with zero attached hydrogens (tertiary/aromatic N) is 4. The maximum Gasteiger partial charge on any atom is 0.231 e. The molecule has 0 aliphatic carbocycles. The molecule has 1 N–H and O–H groups in total. The second-order valence-electron chi connectivity index (χ2n) is 8.07. The quantitative estimate of drug-likeness (QED) is 0.379. The van der Waals surface area contributed by atoms with Crippen LogP contribution >= 0.6 is 11.8 Å². The normalized spacial score (nSPS) is 12.2. The van der Waals surface area contributed by atoms with E-state index in [4.69, 9.17) is 0 Å². The summed E-state index contributed by atoms with van der Waals surface area (Å²) >= 11 is 1.35. The molecule has 33 heavy (non-hydrogen) atoms. The Balaban J connectivity index is 1.47. The number of imidazole rings is 2. The van der Waals surface area contributed by atoms with Gasteiger partial charge in [0.1, 0.15) is 17.7 Å². The van der Waals surface area contributed by atoms with Crippen LogP contribution in [0.3, 0.4) is 0 Å². The summed E-state index contributed by atoms with van der Waals surface area (Å²) in [5.74, 6) is 0.703. The first-order valence-corrected chi connectivity index (χ1v) is 11.7. The van der Waals surface area contributed by atoms with E-state index in [0.29, 0.717) is 17.3 Å². The fraction of sp³-hybridized carbons (Fsp3) is 0.240. The zero-order chi connectivity index (χ0) is 23.4. The zero-order valence-corrected chi connectivity index (χ0v) is 19.6. The third kappa shape index (κ3) is 5.34. The van der Waals surface area contributed by atoms with Crippen molar-refractivity contribution in [2.24, 2.45) is 7.05 Å². The van der Waals surface area contributed by atoms with Gasteiger partial charge in [-0.1, -0.05) is 49.9 Å². The van der Waals surface area contributed by atoms with Gasteiger partial charge in [-0.15, -0.1) is 0 Å². The van der Waals surface area contributed by atoms with E-state index in [2.05, 4.69) is 53.4 Å². The molecule has 1 atom stereocenters.